The van der Waals surface area contributed by atoms with Crippen molar-refractivity contribution >= 4 is 29.9 Å². The van der Waals surface area contributed by atoms with E-state index in [1.807, 2.05) is 0 Å². The molecule has 164 valence electrons. The molecule has 1 aliphatic carbocycles. The van der Waals surface area contributed by atoms with Crippen molar-refractivity contribution in [1.29, 1.82) is 0 Å². The van der Waals surface area contributed by atoms with Crippen molar-refractivity contribution in [1.82, 2.24) is 20.4 Å². The highest BCUT2D eigenvalue weighted by Gasteiger charge is 2.30. The Hall–Kier alpha value is -0.0800. The molecule has 0 aromatic rings. The minimum atomic E-state index is 0. The van der Waals surface area contributed by atoms with Gasteiger partial charge in [-0.05, 0) is 70.9 Å². The van der Waals surface area contributed by atoms with E-state index < -0.39 is 0 Å². The van der Waals surface area contributed by atoms with Gasteiger partial charge in [0, 0.05) is 44.8 Å². The number of nitrogens with zero attached hydrogens (tertiary/aromatic N) is 3. The van der Waals surface area contributed by atoms with Gasteiger partial charge in [0.1, 0.15) is 0 Å². The molecule has 2 saturated heterocycles. The van der Waals surface area contributed by atoms with Crippen molar-refractivity contribution in [2.45, 2.75) is 83.7 Å². The number of nitrogens with one attached hydrogen (secondary N) is 2. The lowest BCUT2D eigenvalue weighted by molar-refractivity contribution is 0.181. The SMILES string of the molecule is CCNC(=NCCCCN1CCCC(C)C1)NC1CCN(C2CCCC2)C1.I. The maximum Gasteiger partial charge on any atom is 0.191 e. The van der Waals surface area contributed by atoms with Crippen LogP contribution in [0.1, 0.15) is 71.6 Å². The third-order valence-corrected chi connectivity index (χ3v) is 6.64. The Morgan fingerprint density at radius 1 is 1.00 bits per heavy atom. The maximum absolute atomic E-state index is 4.85. The van der Waals surface area contributed by atoms with Gasteiger partial charge in [-0.1, -0.05) is 19.8 Å². The normalized spacial score (nSPS) is 27.7. The molecule has 3 aliphatic rings. The van der Waals surface area contributed by atoms with Gasteiger partial charge in [-0.3, -0.25) is 9.89 Å². The fraction of sp³-hybridized carbons (Fsp3) is 0.955. The molecular weight excluding hydrogens is 461 g/mol. The molecule has 0 spiro atoms. The zero-order valence-electron chi connectivity index (χ0n) is 18.3. The third kappa shape index (κ3) is 7.98. The summed E-state index contributed by atoms with van der Waals surface area (Å²) in [6, 6.07) is 1.42. The van der Waals surface area contributed by atoms with Crippen molar-refractivity contribution in [2.24, 2.45) is 10.9 Å². The predicted molar refractivity (Wildman–Crippen MR) is 131 cm³/mol. The first-order chi connectivity index (χ1) is 13.2. The second-order valence-electron chi connectivity index (χ2n) is 9.08. The van der Waals surface area contributed by atoms with E-state index in [9.17, 15) is 0 Å². The smallest absolute Gasteiger partial charge is 0.191 e. The monoisotopic (exact) mass is 505 g/mol. The van der Waals surface area contributed by atoms with Crippen LogP contribution in [0.25, 0.3) is 0 Å². The lowest BCUT2D eigenvalue weighted by Gasteiger charge is -2.30. The molecule has 5 nitrogen and oxygen atoms in total. The average molecular weight is 506 g/mol. The number of rotatable bonds is 8. The Bertz CT molecular complexity index is 452. The van der Waals surface area contributed by atoms with Crippen LogP contribution < -0.4 is 10.6 Å². The molecule has 0 aromatic heterocycles. The van der Waals surface area contributed by atoms with E-state index in [2.05, 4.69) is 34.3 Å². The van der Waals surface area contributed by atoms with Crippen molar-refractivity contribution in [3.63, 3.8) is 0 Å². The first kappa shape index (κ1) is 24.2. The van der Waals surface area contributed by atoms with Crippen LogP contribution in [0, 0.1) is 5.92 Å². The summed E-state index contributed by atoms with van der Waals surface area (Å²) in [6.45, 7) is 12.7. The highest BCUT2D eigenvalue weighted by atomic mass is 127. The van der Waals surface area contributed by atoms with Crippen molar-refractivity contribution in [3.8, 4) is 0 Å². The van der Waals surface area contributed by atoms with Gasteiger partial charge >= 0.3 is 0 Å². The summed E-state index contributed by atoms with van der Waals surface area (Å²) in [5.41, 5.74) is 0. The van der Waals surface area contributed by atoms with Gasteiger partial charge < -0.3 is 15.5 Å². The zero-order valence-corrected chi connectivity index (χ0v) is 20.6. The van der Waals surface area contributed by atoms with Gasteiger partial charge in [0.15, 0.2) is 5.96 Å². The molecule has 0 radical (unpaired) electrons. The molecule has 0 bridgehead atoms. The fourth-order valence-electron chi connectivity index (χ4n) is 5.15. The molecule has 2 unspecified atom stereocenters. The highest BCUT2D eigenvalue weighted by molar-refractivity contribution is 14.0. The third-order valence-electron chi connectivity index (χ3n) is 6.64. The van der Waals surface area contributed by atoms with Gasteiger partial charge in [0.05, 0.1) is 0 Å². The van der Waals surface area contributed by atoms with Crippen LogP contribution in [0.3, 0.4) is 0 Å². The summed E-state index contributed by atoms with van der Waals surface area (Å²) in [5.74, 6) is 1.92. The number of guanidine groups is 1. The molecule has 28 heavy (non-hydrogen) atoms. The molecule has 2 N–H and O–H groups in total. The number of hydrogen-bond donors (Lipinski definition) is 2. The van der Waals surface area contributed by atoms with Crippen molar-refractivity contribution in [2.75, 3.05) is 45.8 Å². The Balaban J connectivity index is 0.00000280. The molecular formula is C22H44IN5. The maximum atomic E-state index is 4.85. The molecule has 3 rings (SSSR count). The average Bonchev–Trinajstić information content (AvgIpc) is 3.33. The van der Waals surface area contributed by atoms with Crippen LogP contribution in [-0.2, 0) is 0 Å². The number of halogens is 1. The first-order valence-corrected chi connectivity index (χ1v) is 11.8. The van der Waals surface area contributed by atoms with Gasteiger partial charge in [-0.2, -0.15) is 0 Å². The molecule has 1 saturated carbocycles. The number of piperidine rings is 1. The number of hydrogen-bond acceptors (Lipinski definition) is 3. The van der Waals surface area contributed by atoms with Crippen LogP contribution >= 0.6 is 24.0 Å². The second kappa shape index (κ2) is 13.3. The van der Waals surface area contributed by atoms with Crippen LogP contribution in [-0.4, -0.2) is 73.7 Å². The summed E-state index contributed by atoms with van der Waals surface area (Å²) in [5, 5.41) is 7.15. The topological polar surface area (TPSA) is 42.9 Å². The predicted octanol–water partition coefficient (Wildman–Crippen LogP) is 3.69. The molecule has 6 heteroatoms. The quantitative estimate of drug-likeness (QED) is 0.229. The summed E-state index contributed by atoms with van der Waals surface area (Å²) in [4.78, 5) is 10.2. The molecule has 2 heterocycles. The molecule has 2 aliphatic heterocycles. The summed E-state index contributed by atoms with van der Waals surface area (Å²) in [7, 11) is 0. The van der Waals surface area contributed by atoms with E-state index in [-0.39, 0.29) is 24.0 Å². The molecule has 3 fully saturated rings. The van der Waals surface area contributed by atoms with E-state index in [1.165, 1.54) is 90.5 Å². The Morgan fingerprint density at radius 2 is 1.82 bits per heavy atom. The van der Waals surface area contributed by atoms with Crippen molar-refractivity contribution in [3.05, 3.63) is 0 Å². The molecule has 0 amide bonds. The van der Waals surface area contributed by atoms with Crippen LogP contribution in [0.2, 0.25) is 0 Å². The second-order valence-corrected chi connectivity index (χ2v) is 9.08. The van der Waals surface area contributed by atoms with E-state index in [1.54, 1.807) is 0 Å². The zero-order chi connectivity index (χ0) is 18.9. The number of likely N-dealkylation sites (tertiary alicyclic amines) is 2. The lowest BCUT2D eigenvalue weighted by atomic mass is 10.0. The number of aliphatic imine (C=N–C) groups is 1. The summed E-state index contributed by atoms with van der Waals surface area (Å²) in [6.07, 6.45) is 12.2. The minimum absolute atomic E-state index is 0. The summed E-state index contributed by atoms with van der Waals surface area (Å²) >= 11 is 0. The Morgan fingerprint density at radius 3 is 2.57 bits per heavy atom. The lowest BCUT2D eigenvalue weighted by Crippen LogP contribution is -2.45. The Labute approximate surface area is 190 Å². The van der Waals surface area contributed by atoms with Crippen LogP contribution in [0.15, 0.2) is 4.99 Å². The standard InChI is InChI=1S/C22H43N5.HI/c1-3-23-22(24-13-6-7-14-26-15-8-9-19(2)17-26)25-20-12-16-27(18-20)21-10-4-5-11-21;/h19-21H,3-18H2,1-2H3,(H2,23,24,25);1H. The fourth-order valence-corrected chi connectivity index (χ4v) is 5.15. The van der Waals surface area contributed by atoms with E-state index in [0.29, 0.717) is 6.04 Å². The van der Waals surface area contributed by atoms with E-state index in [4.69, 9.17) is 4.99 Å². The van der Waals surface area contributed by atoms with Crippen LogP contribution in [0.5, 0.6) is 0 Å². The van der Waals surface area contributed by atoms with Gasteiger partial charge in [0.25, 0.3) is 0 Å². The largest absolute Gasteiger partial charge is 0.357 e. The van der Waals surface area contributed by atoms with Gasteiger partial charge in [-0.25, -0.2) is 0 Å². The highest BCUT2D eigenvalue weighted by Crippen LogP contribution is 2.26. The van der Waals surface area contributed by atoms with E-state index >= 15 is 0 Å². The van der Waals surface area contributed by atoms with Crippen LogP contribution in [0.4, 0.5) is 0 Å². The first-order valence-electron chi connectivity index (χ1n) is 11.8. The van der Waals surface area contributed by atoms with Gasteiger partial charge in [0.2, 0.25) is 0 Å². The summed E-state index contributed by atoms with van der Waals surface area (Å²) < 4.78 is 0. The van der Waals surface area contributed by atoms with Gasteiger partial charge in [-0.15, -0.1) is 24.0 Å². The molecule has 0 aromatic carbocycles. The number of unbranched alkanes of at least 4 members (excludes halogenated alkanes) is 1. The minimum Gasteiger partial charge on any atom is -0.357 e. The van der Waals surface area contributed by atoms with E-state index in [0.717, 1.165) is 31.0 Å². The Kier molecular flexibility index (Phi) is 11.5. The molecule has 2 atom stereocenters. The van der Waals surface area contributed by atoms with Crippen molar-refractivity contribution < 1.29 is 0 Å².